The predicted octanol–water partition coefficient (Wildman–Crippen LogP) is 1.10. The zero-order valence-corrected chi connectivity index (χ0v) is 10.5. The zero-order valence-electron chi connectivity index (χ0n) is 9.66. The van der Waals surface area contributed by atoms with Crippen molar-refractivity contribution in [3.05, 3.63) is 22.4 Å². The molecule has 2 N–H and O–H groups in total. The molecule has 0 aliphatic rings. The number of carbonyl (C=O) groups is 1. The molecule has 5 heteroatoms. The van der Waals surface area contributed by atoms with Gasteiger partial charge in [-0.05, 0) is 18.4 Å². The summed E-state index contributed by atoms with van der Waals surface area (Å²) in [6.07, 6.45) is 0. The van der Waals surface area contributed by atoms with Crippen LogP contribution in [0.15, 0.2) is 17.5 Å². The molecule has 1 amide bonds. The first-order valence-corrected chi connectivity index (χ1v) is 6.16. The molecule has 0 radical (unpaired) electrons. The summed E-state index contributed by atoms with van der Waals surface area (Å²) in [5, 5.41) is 8.00. The van der Waals surface area contributed by atoms with Gasteiger partial charge in [0.05, 0.1) is 11.5 Å². The number of hydrogen-bond donors (Lipinski definition) is 2. The minimum Gasteiger partial charge on any atom is -0.383 e. The Kier molecular flexibility index (Phi) is 6.07. The molecule has 0 spiro atoms. The van der Waals surface area contributed by atoms with Crippen LogP contribution in [0.25, 0.3) is 0 Å². The highest BCUT2D eigenvalue weighted by Crippen LogP contribution is 2.07. The van der Waals surface area contributed by atoms with Gasteiger partial charge in [0, 0.05) is 26.2 Å². The SMILES string of the molecule is COCC(C)NCCNC(=O)c1cccs1. The van der Waals surface area contributed by atoms with Gasteiger partial charge in [0.1, 0.15) is 0 Å². The molecule has 90 valence electrons. The highest BCUT2D eigenvalue weighted by atomic mass is 32.1. The molecule has 1 heterocycles. The van der Waals surface area contributed by atoms with E-state index in [9.17, 15) is 4.79 Å². The molecular formula is C11H18N2O2S. The van der Waals surface area contributed by atoms with Crippen molar-refractivity contribution in [1.29, 1.82) is 0 Å². The van der Waals surface area contributed by atoms with Crippen molar-refractivity contribution in [1.82, 2.24) is 10.6 Å². The van der Waals surface area contributed by atoms with Gasteiger partial charge in [-0.15, -0.1) is 11.3 Å². The van der Waals surface area contributed by atoms with Crippen molar-refractivity contribution in [3.63, 3.8) is 0 Å². The zero-order chi connectivity index (χ0) is 11.8. The number of carbonyl (C=O) groups excluding carboxylic acids is 1. The lowest BCUT2D eigenvalue weighted by molar-refractivity contribution is 0.0957. The van der Waals surface area contributed by atoms with Crippen LogP contribution in [-0.4, -0.2) is 38.8 Å². The number of hydrogen-bond acceptors (Lipinski definition) is 4. The number of thiophene rings is 1. The van der Waals surface area contributed by atoms with E-state index in [-0.39, 0.29) is 5.91 Å². The summed E-state index contributed by atoms with van der Waals surface area (Å²) in [4.78, 5) is 12.3. The van der Waals surface area contributed by atoms with E-state index in [1.165, 1.54) is 11.3 Å². The highest BCUT2D eigenvalue weighted by molar-refractivity contribution is 7.12. The van der Waals surface area contributed by atoms with Gasteiger partial charge in [0.2, 0.25) is 0 Å². The van der Waals surface area contributed by atoms with Gasteiger partial charge in [-0.25, -0.2) is 0 Å². The Hall–Kier alpha value is -0.910. The molecule has 0 saturated heterocycles. The van der Waals surface area contributed by atoms with Crippen molar-refractivity contribution in [3.8, 4) is 0 Å². The summed E-state index contributed by atoms with van der Waals surface area (Å²) in [6, 6.07) is 4.00. The number of ether oxygens (including phenoxy) is 1. The van der Waals surface area contributed by atoms with Crippen molar-refractivity contribution in [2.24, 2.45) is 0 Å². The molecule has 1 unspecified atom stereocenters. The van der Waals surface area contributed by atoms with Crippen LogP contribution < -0.4 is 10.6 Å². The second-order valence-corrected chi connectivity index (χ2v) is 4.49. The fourth-order valence-corrected chi connectivity index (χ4v) is 1.94. The number of amides is 1. The van der Waals surface area contributed by atoms with E-state index in [0.29, 0.717) is 19.2 Å². The molecule has 1 atom stereocenters. The minimum atomic E-state index is -0.00352. The summed E-state index contributed by atoms with van der Waals surface area (Å²) in [6.45, 7) is 4.11. The summed E-state index contributed by atoms with van der Waals surface area (Å²) in [5.74, 6) is -0.00352. The maximum atomic E-state index is 11.5. The van der Waals surface area contributed by atoms with Crippen LogP contribution in [0.1, 0.15) is 16.6 Å². The van der Waals surface area contributed by atoms with Crippen molar-refractivity contribution in [2.75, 3.05) is 26.8 Å². The molecule has 4 nitrogen and oxygen atoms in total. The maximum absolute atomic E-state index is 11.5. The van der Waals surface area contributed by atoms with Crippen LogP contribution in [0, 0.1) is 0 Å². The van der Waals surface area contributed by atoms with E-state index in [2.05, 4.69) is 10.6 Å². The standard InChI is InChI=1S/C11H18N2O2S/c1-9(8-15-2)12-5-6-13-11(14)10-4-3-7-16-10/h3-4,7,9,12H,5-6,8H2,1-2H3,(H,13,14). The van der Waals surface area contributed by atoms with E-state index in [0.717, 1.165) is 11.4 Å². The number of rotatable bonds is 7. The molecule has 1 rings (SSSR count). The fraction of sp³-hybridized carbons (Fsp3) is 0.545. The van der Waals surface area contributed by atoms with E-state index in [1.807, 2.05) is 24.4 Å². The largest absolute Gasteiger partial charge is 0.383 e. The highest BCUT2D eigenvalue weighted by Gasteiger charge is 2.05. The Morgan fingerprint density at radius 2 is 2.38 bits per heavy atom. The Labute approximate surface area is 100 Å². The Balaban J connectivity index is 2.09. The van der Waals surface area contributed by atoms with Gasteiger partial charge in [0.25, 0.3) is 5.91 Å². The van der Waals surface area contributed by atoms with E-state index >= 15 is 0 Å². The molecule has 0 fully saturated rings. The summed E-state index contributed by atoms with van der Waals surface area (Å²) >= 11 is 1.45. The van der Waals surface area contributed by atoms with Crippen molar-refractivity contribution in [2.45, 2.75) is 13.0 Å². The first kappa shape index (κ1) is 13.2. The molecule has 0 aliphatic carbocycles. The molecule has 0 bridgehead atoms. The first-order valence-electron chi connectivity index (χ1n) is 5.28. The molecule has 0 aromatic carbocycles. The smallest absolute Gasteiger partial charge is 0.261 e. The normalized spacial score (nSPS) is 12.4. The van der Waals surface area contributed by atoms with E-state index in [4.69, 9.17) is 4.74 Å². The van der Waals surface area contributed by atoms with E-state index in [1.54, 1.807) is 7.11 Å². The van der Waals surface area contributed by atoms with Crippen molar-refractivity contribution >= 4 is 17.2 Å². The average Bonchev–Trinajstić information content (AvgIpc) is 2.78. The van der Waals surface area contributed by atoms with E-state index < -0.39 is 0 Å². The summed E-state index contributed by atoms with van der Waals surface area (Å²) in [7, 11) is 1.68. The van der Waals surface area contributed by atoms with Crippen molar-refractivity contribution < 1.29 is 9.53 Å². The maximum Gasteiger partial charge on any atom is 0.261 e. The molecule has 1 aromatic heterocycles. The number of methoxy groups -OCH3 is 1. The van der Waals surface area contributed by atoms with Gasteiger partial charge in [0.15, 0.2) is 0 Å². The van der Waals surface area contributed by atoms with Crippen LogP contribution in [0.3, 0.4) is 0 Å². The third-order valence-corrected chi connectivity index (χ3v) is 2.93. The molecule has 16 heavy (non-hydrogen) atoms. The van der Waals surface area contributed by atoms with Crippen LogP contribution in [0.5, 0.6) is 0 Å². The van der Waals surface area contributed by atoms with Gasteiger partial charge in [-0.2, -0.15) is 0 Å². The van der Waals surface area contributed by atoms with Crippen LogP contribution in [0.4, 0.5) is 0 Å². The van der Waals surface area contributed by atoms with Crippen LogP contribution in [-0.2, 0) is 4.74 Å². The third kappa shape index (κ3) is 4.74. The minimum absolute atomic E-state index is 0.00352. The molecular weight excluding hydrogens is 224 g/mol. The molecule has 1 aromatic rings. The lowest BCUT2D eigenvalue weighted by Crippen LogP contribution is -2.37. The Morgan fingerprint density at radius 3 is 3.00 bits per heavy atom. The average molecular weight is 242 g/mol. The molecule has 0 aliphatic heterocycles. The third-order valence-electron chi connectivity index (χ3n) is 2.06. The Morgan fingerprint density at radius 1 is 1.56 bits per heavy atom. The fourth-order valence-electron chi connectivity index (χ4n) is 1.30. The topological polar surface area (TPSA) is 50.4 Å². The predicted molar refractivity (Wildman–Crippen MR) is 66.0 cm³/mol. The second-order valence-electron chi connectivity index (χ2n) is 3.54. The monoisotopic (exact) mass is 242 g/mol. The number of nitrogens with one attached hydrogen (secondary N) is 2. The van der Waals surface area contributed by atoms with Crippen LogP contribution in [0.2, 0.25) is 0 Å². The summed E-state index contributed by atoms with van der Waals surface area (Å²) < 4.78 is 4.99. The lowest BCUT2D eigenvalue weighted by Gasteiger charge is -2.12. The lowest BCUT2D eigenvalue weighted by atomic mass is 10.3. The van der Waals surface area contributed by atoms with Gasteiger partial charge in [-0.3, -0.25) is 4.79 Å². The van der Waals surface area contributed by atoms with Gasteiger partial charge in [-0.1, -0.05) is 6.07 Å². The quantitative estimate of drug-likeness (QED) is 0.704. The Bertz CT molecular complexity index is 301. The summed E-state index contributed by atoms with van der Waals surface area (Å²) in [5.41, 5.74) is 0. The molecule has 0 saturated carbocycles. The van der Waals surface area contributed by atoms with Crippen LogP contribution >= 0.6 is 11.3 Å². The van der Waals surface area contributed by atoms with Gasteiger partial charge >= 0.3 is 0 Å². The second kappa shape index (κ2) is 7.38. The first-order chi connectivity index (χ1) is 7.74. The van der Waals surface area contributed by atoms with Gasteiger partial charge < -0.3 is 15.4 Å².